The first-order valence-corrected chi connectivity index (χ1v) is 11.6. The lowest BCUT2D eigenvalue weighted by Gasteiger charge is -2.26. The number of benzene rings is 2. The number of aromatic nitrogens is 3. The fourth-order valence-corrected chi connectivity index (χ4v) is 4.21. The summed E-state index contributed by atoms with van der Waals surface area (Å²) in [6.45, 7) is 7.03. The Morgan fingerprint density at radius 2 is 1.81 bits per heavy atom. The molecule has 7 heteroatoms. The topological polar surface area (TPSA) is 60.2 Å². The highest BCUT2D eigenvalue weighted by molar-refractivity contribution is 7.99. The SMILES string of the molecule is CCCCn1c(SCC(=O)N(c2ccccc2)C(C)C)nnc1-c1ccc(OC)cc1. The zero-order chi connectivity index (χ0) is 22.2. The van der Waals surface area contributed by atoms with Crippen molar-refractivity contribution in [2.75, 3.05) is 17.8 Å². The van der Waals surface area contributed by atoms with E-state index in [1.165, 1.54) is 11.8 Å². The number of rotatable bonds is 10. The summed E-state index contributed by atoms with van der Waals surface area (Å²) in [6.07, 6.45) is 2.09. The minimum atomic E-state index is 0.0576. The lowest BCUT2D eigenvalue weighted by atomic mass is 10.2. The van der Waals surface area contributed by atoms with Gasteiger partial charge in [0.25, 0.3) is 0 Å². The number of hydrogen-bond acceptors (Lipinski definition) is 5. The molecule has 1 heterocycles. The van der Waals surface area contributed by atoms with Gasteiger partial charge in [-0.1, -0.05) is 43.3 Å². The molecular formula is C24H30N4O2S. The number of anilines is 1. The molecule has 3 rings (SSSR count). The summed E-state index contributed by atoms with van der Waals surface area (Å²) >= 11 is 1.44. The Morgan fingerprint density at radius 3 is 2.42 bits per heavy atom. The molecule has 0 unspecified atom stereocenters. The van der Waals surface area contributed by atoms with Crippen molar-refractivity contribution in [3.63, 3.8) is 0 Å². The first-order chi connectivity index (χ1) is 15.0. The van der Waals surface area contributed by atoms with Crippen molar-refractivity contribution in [1.82, 2.24) is 14.8 Å². The third kappa shape index (κ3) is 5.67. The van der Waals surface area contributed by atoms with Gasteiger partial charge in [0.05, 0.1) is 12.9 Å². The van der Waals surface area contributed by atoms with Crippen LogP contribution in [0.5, 0.6) is 5.75 Å². The molecule has 0 spiro atoms. The zero-order valence-corrected chi connectivity index (χ0v) is 19.4. The first-order valence-electron chi connectivity index (χ1n) is 10.6. The molecule has 0 radical (unpaired) electrons. The number of thioether (sulfide) groups is 1. The average Bonchev–Trinajstić information content (AvgIpc) is 3.19. The molecule has 164 valence electrons. The lowest BCUT2D eigenvalue weighted by Crippen LogP contribution is -2.38. The van der Waals surface area contributed by atoms with Gasteiger partial charge >= 0.3 is 0 Å². The highest BCUT2D eigenvalue weighted by atomic mass is 32.2. The summed E-state index contributed by atoms with van der Waals surface area (Å²) in [5, 5.41) is 9.62. The van der Waals surface area contributed by atoms with Crippen LogP contribution >= 0.6 is 11.8 Å². The second-order valence-corrected chi connectivity index (χ2v) is 8.46. The van der Waals surface area contributed by atoms with Crippen LogP contribution in [0.4, 0.5) is 5.69 Å². The Labute approximate surface area is 188 Å². The third-order valence-electron chi connectivity index (χ3n) is 4.94. The molecule has 3 aromatic rings. The van der Waals surface area contributed by atoms with E-state index in [1.54, 1.807) is 7.11 Å². The van der Waals surface area contributed by atoms with Gasteiger partial charge < -0.3 is 14.2 Å². The normalized spacial score (nSPS) is 11.0. The number of methoxy groups -OCH3 is 1. The first kappa shape index (κ1) is 22.9. The van der Waals surface area contributed by atoms with E-state index < -0.39 is 0 Å². The molecule has 1 amide bonds. The summed E-state index contributed by atoms with van der Waals surface area (Å²) in [7, 11) is 1.65. The molecule has 0 aliphatic heterocycles. The van der Waals surface area contributed by atoms with Crippen LogP contribution in [0, 0.1) is 0 Å². The molecule has 0 N–H and O–H groups in total. The summed E-state index contributed by atoms with van der Waals surface area (Å²) in [4.78, 5) is 14.9. The largest absolute Gasteiger partial charge is 0.497 e. The summed E-state index contributed by atoms with van der Waals surface area (Å²) in [6, 6.07) is 17.7. The number of para-hydroxylation sites is 1. The van der Waals surface area contributed by atoms with Gasteiger partial charge in [0, 0.05) is 23.8 Å². The van der Waals surface area contributed by atoms with E-state index in [1.807, 2.05) is 73.3 Å². The van der Waals surface area contributed by atoms with Crippen molar-refractivity contribution < 1.29 is 9.53 Å². The van der Waals surface area contributed by atoms with Crippen LogP contribution in [0.1, 0.15) is 33.6 Å². The predicted molar refractivity (Wildman–Crippen MR) is 127 cm³/mol. The van der Waals surface area contributed by atoms with Gasteiger partial charge in [0.15, 0.2) is 11.0 Å². The van der Waals surface area contributed by atoms with E-state index in [2.05, 4.69) is 21.7 Å². The van der Waals surface area contributed by atoms with Gasteiger partial charge in [-0.15, -0.1) is 10.2 Å². The molecule has 0 aliphatic rings. The van der Waals surface area contributed by atoms with E-state index in [9.17, 15) is 4.79 Å². The van der Waals surface area contributed by atoms with Gasteiger partial charge in [0.1, 0.15) is 5.75 Å². The van der Waals surface area contributed by atoms with E-state index >= 15 is 0 Å². The smallest absolute Gasteiger partial charge is 0.237 e. The minimum absolute atomic E-state index is 0.0576. The van der Waals surface area contributed by atoms with E-state index in [4.69, 9.17) is 4.74 Å². The monoisotopic (exact) mass is 438 g/mol. The molecule has 31 heavy (non-hydrogen) atoms. The van der Waals surface area contributed by atoms with Crippen molar-refractivity contribution in [2.45, 2.75) is 51.4 Å². The number of amides is 1. The molecule has 1 aromatic heterocycles. The van der Waals surface area contributed by atoms with Crippen LogP contribution in [-0.4, -0.2) is 39.6 Å². The molecule has 6 nitrogen and oxygen atoms in total. The zero-order valence-electron chi connectivity index (χ0n) is 18.6. The molecule has 0 saturated carbocycles. The van der Waals surface area contributed by atoms with Crippen molar-refractivity contribution in [3.8, 4) is 17.1 Å². The molecular weight excluding hydrogens is 408 g/mol. The number of unbranched alkanes of at least 4 members (excludes halogenated alkanes) is 1. The van der Waals surface area contributed by atoms with Crippen LogP contribution in [0.3, 0.4) is 0 Å². The molecule has 0 saturated heterocycles. The molecule has 0 aliphatic carbocycles. The Balaban J connectivity index is 1.80. The van der Waals surface area contributed by atoms with Crippen LogP contribution < -0.4 is 9.64 Å². The highest BCUT2D eigenvalue weighted by Crippen LogP contribution is 2.27. The van der Waals surface area contributed by atoms with Crippen molar-refractivity contribution in [1.29, 1.82) is 0 Å². The Bertz CT molecular complexity index is 971. The third-order valence-corrected chi connectivity index (χ3v) is 5.90. The van der Waals surface area contributed by atoms with Crippen molar-refractivity contribution in [2.24, 2.45) is 0 Å². The maximum Gasteiger partial charge on any atom is 0.237 e. The summed E-state index contributed by atoms with van der Waals surface area (Å²) in [5.74, 6) is 1.98. The minimum Gasteiger partial charge on any atom is -0.497 e. The van der Waals surface area contributed by atoms with Crippen molar-refractivity contribution >= 4 is 23.4 Å². The summed E-state index contributed by atoms with van der Waals surface area (Å²) < 4.78 is 7.38. The van der Waals surface area contributed by atoms with Gasteiger partial charge in [-0.3, -0.25) is 4.79 Å². The molecule has 2 aromatic carbocycles. The van der Waals surface area contributed by atoms with E-state index in [-0.39, 0.29) is 11.9 Å². The number of carbonyl (C=O) groups excluding carboxylic acids is 1. The van der Waals surface area contributed by atoms with Gasteiger partial charge in [-0.05, 0) is 56.7 Å². The Morgan fingerprint density at radius 1 is 1.10 bits per heavy atom. The van der Waals surface area contributed by atoms with Gasteiger partial charge in [-0.25, -0.2) is 0 Å². The average molecular weight is 439 g/mol. The van der Waals surface area contributed by atoms with Crippen LogP contribution in [0.25, 0.3) is 11.4 Å². The van der Waals surface area contributed by atoms with Crippen LogP contribution in [0.2, 0.25) is 0 Å². The second kappa shape index (κ2) is 11.0. The fraction of sp³-hybridized carbons (Fsp3) is 0.375. The number of nitrogens with zero attached hydrogens (tertiary/aromatic N) is 4. The van der Waals surface area contributed by atoms with Gasteiger partial charge in [-0.2, -0.15) is 0 Å². The van der Waals surface area contributed by atoms with Crippen LogP contribution in [-0.2, 0) is 11.3 Å². The van der Waals surface area contributed by atoms with Crippen LogP contribution in [0.15, 0.2) is 59.8 Å². The van der Waals surface area contributed by atoms with E-state index in [0.717, 1.165) is 47.4 Å². The standard InChI is InChI=1S/C24H30N4O2S/c1-5-6-16-27-23(19-12-14-21(30-4)15-13-19)25-26-24(27)31-17-22(29)28(18(2)3)20-10-8-7-9-11-20/h7-15,18H,5-6,16-17H2,1-4H3. The molecule has 0 fully saturated rings. The summed E-state index contributed by atoms with van der Waals surface area (Å²) in [5.41, 5.74) is 1.89. The second-order valence-electron chi connectivity index (χ2n) is 7.52. The number of ether oxygens (including phenoxy) is 1. The predicted octanol–water partition coefficient (Wildman–Crippen LogP) is 5.29. The lowest BCUT2D eigenvalue weighted by molar-refractivity contribution is -0.116. The van der Waals surface area contributed by atoms with Gasteiger partial charge in [0.2, 0.25) is 5.91 Å². The fourth-order valence-electron chi connectivity index (χ4n) is 3.38. The maximum atomic E-state index is 13.1. The Kier molecular flexibility index (Phi) is 8.12. The highest BCUT2D eigenvalue weighted by Gasteiger charge is 2.21. The quantitative estimate of drug-likeness (QED) is 0.403. The molecule has 0 atom stereocenters. The molecule has 0 bridgehead atoms. The van der Waals surface area contributed by atoms with Crippen molar-refractivity contribution in [3.05, 3.63) is 54.6 Å². The maximum absolute atomic E-state index is 13.1. The number of carbonyl (C=O) groups is 1. The number of hydrogen-bond donors (Lipinski definition) is 0. The van der Waals surface area contributed by atoms with E-state index in [0.29, 0.717) is 5.75 Å². The Hall–Kier alpha value is -2.80.